The van der Waals surface area contributed by atoms with Gasteiger partial charge in [-0.3, -0.25) is 4.79 Å². The summed E-state index contributed by atoms with van der Waals surface area (Å²) in [7, 11) is 1.44. The number of ether oxygens (including phenoxy) is 1. The Labute approximate surface area is 92.1 Å². The van der Waals surface area contributed by atoms with E-state index in [0.29, 0.717) is 0 Å². The van der Waals surface area contributed by atoms with Crippen molar-refractivity contribution in [1.29, 1.82) is 0 Å². The van der Waals surface area contributed by atoms with Crippen molar-refractivity contribution >= 4 is 5.78 Å². The maximum Gasteiger partial charge on any atom is 0.252 e. The van der Waals surface area contributed by atoms with E-state index in [2.05, 4.69) is 9.97 Å². The lowest BCUT2D eigenvalue weighted by Gasteiger charge is -2.03. The Morgan fingerprint density at radius 3 is 2.75 bits per heavy atom. The van der Waals surface area contributed by atoms with Crippen molar-refractivity contribution in [1.82, 2.24) is 9.97 Å². The lowest BCUT2D eigenvalue weighted by Crippen LogP contribution is -2.07. The third-order valence-electron chi connectivity index (χ3n) is 2.14. The number of furan rings is 1. The molecule has 0 spiro atoms. The van der Waals surface area contributed by atoms with Gasteiger partial charge in [0.25, 0.3) is 5.78 Å². The van der Waals surface area contributed by atoms with Crippen molar-refractivity contribution in [3.05, 3.63) is 41.7 Å². The highest BCUT2D eigenvalue weighted by molar-refractivity contribution is 6.07. The van der Waals surface area contributed by atoms with E-state index in [1.54, 1.807) is 13.0 Å². The fraction of sp³-hybridized carbons (Fsp3) is 0.182. The molecule has 5 nitrogen and oxygen atoms in total. The van der Waals surface area contributed by atoms with E-state index in [9.17, 15) is 4.79 Å². The molecule has 0 saturated heterocycles. The third kappa shape index (κ3) is 1.67. The van der Waals surface area contributed by atoms with Crippen molar-refractivity contribution in [2.24, 2.45) is 0 Å². The van der Waals surface area contributed by atoms with Crippen molar-refractivity contribution in [2.45, 2.75) is 6.92 Å². The molecule has 0 aliphatic carbocycles. The van der Waals surface area contributed by atoms with E-state index >= 15 is 0 Å². The van der Waals surface area contributed by atoms with Gasteiger partial charge in [-0.15, -0.1) is 0 Å². The highest BCUT2D eigenvalue weighted by Crippen LogP contribution is 2.18. The molecule has 0 fully saturated rings. The van der Waals surface area contributed by atoms with E-state index in [1.165, 1.54) is 25.8 Å². The molecule has 16 heavy (non-hydrogen) atoms. The molecular weight excluding hydrogens is 208 g/mol. The summed E-state index contributed by atoms with van der Waals surface area (Å²) in [6.45, 7) is 1.79. The van der Waals surface area contributed by atoms with Crippen LogP contribution in [0.4, 0.5) is 0 Å². The molecule has 0 unspecified atom stereocenters. The van der Waals surface area contributed by atoms with E-state index in [0.717, 1.165) is 5.56 Å². The molecule has 5 heteroatoms. The van der Waals surface area contributed by atoms with Crippen molar-refractivity contribution in [2.75, 3.05) is 7.11 Å². The van der Waals surface area contributed by atoms with Crippen LogP contribution in [-0.2, 0) is 0 Å². The van der Waals surface area contributed by atoms with Crippen LogP contribution in [-0.4, -0.2) is 22.9 Å². The van der Waals surface area contributed by atoms with Crippen LogP contribution in [0.25, 0.3) is 0 Å². The molecule has 0 atom stereocenters. The van der Waals surface area contributed by atoms with Gasteiger partial charge in [-0.2, -0.15) is 0 Å². The van der Waals surface area contributed by atoms with Gasteiger partial charge in [0.05, 0.1) is 13.4 Å². The topological polar surface area (TPSA) is 65.2 Å². The molecule has 0 aliphatic rings. The molecule has 2 aromatic heterocycles. The molecule has 0 aliphatic heterocycles. The molecule has 0 saturated carbocycles. The second-order valence-corrected chi connectivity index (χ2v) is 3.18. The Bertz CT molecular complexity index is 519. The minimum Gasteiger partial charge on any atom is -0.479 e. The zero-order valence-corrected chi connectivity index (χ0v) is 8.93. The monoisotopic (exact) mass is 218 g/mol. The van der Waals surface area contributed by atoms with Gasteiger partial charge in [-0.25, -0.2) is 9.97 Å². The fourth-order valence-corrected chi connectivity index (χ4v) is 1.34. The summed E-state index contributed by atoms with van der Waals surface area (Å²) in [6.07, 6.45) is 4.37. The Morgan fingerprint density at radius 1 is 1.38 bits per heavy atom. The Morgan fingerprint density at radius 2 is 2.12 bits per heavy atom. The summed E-state index contributed by atoms with van der Waals surface area (Å²) in [4.78, 5) is 19.9. The van der Waals surface area contributed by atoms with Gasteiger partial charge in [-0.05, 0) is 18.6 Å². The number of ketones is 1. The second-order valence-electron chi connectivity index (χ2n) is 3.18. The summed E-state index contributed by atoms with van der Waals surface area (Å²) in [5, 5.41) is 0. The Hall–Kier alpha value is -2.17. The van der Waals surface area contributed by atoms with Crippen LogP contribution < -0.4 is 4.74 Å². The predicted molar refractivity (Wildman–Crippen MR) is 55.5 cm³/mol. The number of carbonyl (C=O) groups is 1. The molecule has 0 bridgehead atoms. The molecular formula is C11H10N2O3. The molecule has 2 rings (SSSR count). The normalized spacial score (nSPS) is 10.1. The fourth-order valence-electron chi connectivity index (χ4n) is 1.34. The zero-order chi connectivity index (χ0) is 11.5. The van der Waals surface area contributed by atoms with E-state index < -0.39 is 0 Å². The lowest BCUT2D eigenvalue weighted by molar-refractivity contribution is 0.0999. The first-order valence-electron chi connectivity index (χ1n) is 4.68. The Kier molecular flexibility index (Phi) is 2.68. The van der Waals surface area contributed by atoms with Crippen molar-refractivity contribution < 1.29 is 13.9 Å². The Balaban J connectivity index is 2.46. The van der Waals surface area contributed by atoms with Crippen LogP contribution in [0.2, 0.25) is 0 Å². The zero-order valence-electron chi connectivity index (χ0n) is 8.93. The van der Waals surface area contributed by atoms with Crippen LogP contribution >= 0.6 is 0 Å². The number of carbonyl (C=O) groups excluding carboxylic acids is 1. The highest BCUT2D eigenvalue weighted by atomic mass is 16.5. The number of hydrogen-bond donors (Lipinski definition) is 0. The van der Waals surface area contributed by atoms with Crippen molar-refractivity contribution in [3.8, 4) is 5.88 Å². The number of methoxy groups -OCH3 is 1. The van der Waals surface area contributed by atoms with Crippen LogP contribution in [0.5, 0.6) is 5.88 Å². The molecule has 0 aromatic carbocycles. The summed E-state index contributed by atoms with van der Waals surface area (Å²) >= 11 is 0. The highest BCUT2D eigenvalue weighted by Gasteiger charge is 2.21. The second kappa shape index (κ2) is 4.14. The first-order chi connectivity index (χ1) is 7.74. The van der Waals surface area contributed by atoms with Gasteiger partial charge in [0, 0.05) is 12.4 Å². The minimum atomic E-state index is -0.326. The number of hydrogen-bond acceptors (Lipinski definition) is 5. The first kappa shape index (κ1) is 10.4. The smallest absolute Gasteiger partial charge is 0.252 e. The maximum absolute atomic E-state index is 12.0. The number of rotatable bonds is 3. The largest absolute Gasteiger partial charge is 0.479 e. The lowest BCUT2D eigenvalue weighted by atomic mass is 10.1. The van der Waals surface area contributed by atoms with Gasteiger partial charge in [0.1, 0.15) is 0 Å². The van der Waals surface area contributed by atoms with Gasteiger partial charge in [-0.1, -0.05) is 0 Å². The van der Waals surface area contributed by atoms with Gasteiger partial charge in [0.2, 0.25) is 5.88 Å². The molecule has 0 amide bonds. The van der Waals surface area contributed by atoms with E-state index in [-0.39, 0.29) is 23.1 Å². The average Bonchev–Trinajstić information content (AvgIpc) is 2.74. The average molecular weight is 218 g/mol. The van der Waals surface area contributed by atoms with Crippen LogP contribution in [0.1, 0.15) is 21.8 Å². The van der Waals surface area contributed by atoms with E-state index in [4.69, 9.17) is 9.15 Å². The first-order valence-corrected chi connectivity index (χ1v) is 4.68. The molecule has 2 heterocycles. The molecule has 82 valence electrons. The van der Waals surface area contributed by atoms with Gasteiger partial charge < -0.3 is 9.15 Å². The van der Waals surface area contributed by atoms with Crippen LogP contribution in [0.15, 0.2) is 29.1 Å². The summed E-state index contributed by atoms with van der Waals surface area (Å²) in [5.74, 6) is 0.134. The van der Waals surface area contributed by atoms with E-state index in [1.807, 2.05) is 0 Å². The quantitative estimate of drug-likeness (QED) is 0.732. The number of aryl methyl sites for hydroxylation is 1. The summed E-state index contributed by atoms with van der Waals surface area (Å²) < 4.78 is 10.1. The number of aromatic nitrogens is 2. The summed E-state index contributed by atoms with van der Waals surface area (Å²) in [6, 6.07) is 1.72. The summed E-state index contributed by atoms with van der Waals surface area (Å²) in [5.41, 5.74) is 0.917. The van der Waals surface area contributed by atoms with Crippen LogP contribution in [0.3, 0.4) is 0 Å². The standard InChI is InChI=1S/C11H10N2O3/c1-7-3-6-16-10(7)9(14)8-11(15-2)13-5-4-12-8/h3-6H,1-2H3. The van der Waals surface area contributed by atoms with Gasteiger partial charge in [0.15, 0.2) is 11.5 Å². The predicted octanol–water partition coefficient (Wildman–Crippen LogP) is 1.62. The third-order valence-corrected chi connectivity index (χ3v) is 2.14. The van der Waals surface area contributed by atoms with Gasteiger partial charge >= 0.3 is 0 Å². The maximum atomic E-state index is 12.0. The van der Waals surface area contributed by atoms with Crippen LogP contribution in [0, 0.1) is 6.92 Å². The number of nitrogens with zero attached hydrogens (tertiary/aromatic N) is 2. The molecule has 2 aromatic rings. The molecule has 0 radical (unpaired) electrons. The van der Waals surface area contributed by atoms with Crippen molar-refractivity contribution in [3.63, 3.8) is 0 Å². The minimum absolute atomic E-state index is 0.156. The molecule has 0 N–H and O–H groups in total. The SMILES string of the molecule is COc1nccnc1C(=O)c1occc1C.